The van der Waals surface area contributed by atoms with E-state index >= 15 is 0 Å². The Hall–Kier alpha value is -2.83. The van der Waals surface area contributed by atoms with E-state index in [-0.39, 0.29) is 17.6 Å². The number of aromatic carboxylic acids is 1. The van der Waals surface area contributed by atoms with Gasteiger partial charge in [0.25, 0.3) is 0 Å². The van der Waals surface area contributed by atoms with Crippen LogP contribution in [0.1, 0.15) is 61.1 Å². The van der Waals surface area contributed by atoms with Crippen LogP contribution in [0.25, 0.3) is 5.69 Å². The Bertz CT molecular complexity index is 874. The molecule has 3 rings (SSSR count). The van der Waals surface area contributed by atoms with Crippen LogP contribution in [-0.2, 0) is 4.74 Å². The van der Waals surface area contributed by atoms with Gasteiger partial charge in [0, 0.05) is 19.0 Å². The highest BCUT2D eigenvalue weighted by Crippen LogP contribution is 2.32. The fraction of sp³-hybridized carbons (Fsp3) is 0.476. The number of aromatic nitrogens is 2. The van der Waals surface area contributed by atoms with Crippen molar-refractivity contribution >= 4 is 12.1 Å². The normalized spacial score (nSPS) is 15.5. The molecule has 1 aliphatic heterocycles. The van der Waals surface area contributed by atoms with Gasteiger partial charge in [0.15, 0.2) is 0 Å². The van der Waals surface area contributed by atoms with E-state index in [2.05, 4.69) is 5.10 Å². The van der Waals surface area contributed by atoms with Gasteiger partial charge in [0.1, 0.15) is 11.2 Å². The second-order valence-electron chi connectivity index (χ2n) is 8.24. The molecule has 1 N–H and O–H groups in total. The number of hydrogen-bond donors (Lipinski definition) is 1. The molecule has 150 valence electrons. The van der Waals surface area contributed by atoms with E-state index < -0.39 is 11.6 Å². The van der Waals surface area contributed by atoms with Crippen molar-refractivity contribution in [3.8, 4) is 5.69 Å². The summed E-state index contributed by atoms with van der Waals surface area (Å²) < 4.78 is 7.17. The van der Waals surface area contributed by atoms with E-state index in [9.17, 15) is 14.7 Å². The molecule has 2 aromatic rings. The van der Waals surface area contributed by atoms with Crippen molar-refractivity contribution in [1.29, 1.82) is 0 Å². The van der Waals surface area contributed by atoms with Gasteiger partial charge in [-0.15, -0.1) is 0 Å². The van der Waals surface area contributed by atoms with Crippen LogP contribution in [0.3, 0.4) is 0 Å². The van der Waals surface area contributed by atoms with Gasteiger partial charge in [0.2, 0.25) is 0 Å². The lowest BCUT2D eigenvalue weighted by Gasteiger charge is -2.33. The van der Waals surface area contributed by atoms with Gasteiger partial charge in [0.05, 0.1) is 17.6 Å². The van der Waals surface area contributed by atoms with E-state index in [0.29, 0.717) is 31.6 Å². The minimum atomic E-state index is -0.983. The number of rotatable bonds is 3. The molecular formula is C21H27N3O4. The number of likely N-dealkylation sites (tertiary alicyclic amines) is 1. The average Bonchev–Trinajstić information content (AvgIpc) is 3.06. The SMILES string of the molecule is Cc1cccc(-n2ncc(C(=O)O)c2C2CCN(C(=O)OC(C)(C)C)CC2)c1. The second kappa shape index (κ2) is 7.66. The first-order valence-electron chi connectivity index (χ1n) is 9.52. The van der Waals surface area contributed by atoms with Crippen LogP contribution < -0.4 is 0 Å². The van der Waals surface area contributed by atoms with Crippen molar-refractivity contribution in [3.63, 3.8) is 0 Å². The molecule has 1 fully saturated rings. The smallest absolute Gasteiger partial charge is 0.410 e. The summed E-state index contributed by atoms with van der Waals surface area (Å²) in [7, 11) is 0. The number of aryl methyl sites for hydroxylation is 1. The van der Waals surface area contributed by atoms with Gasteiger partial charge in [-0.05, 0) is 58.2 Å². The number of piperidine rings is 1. The number of carbonyl (C=O) groups is 2. The van der Waals surface area contributed by atoms with Gasteiger partial charge in [-0.25, -0.2) is 14.3 Å². The summed E-state index contributed by atoms with van der Waals surface area (Å²) in [4.78, 5) is 25.8. The molecule has 0 bridgehead atoms. The third-order valence-corrected chi connectivity index (χ3v) is 4.82. The van der Waals surface area contributed by atoms with Crippen molar-refractivity contribution in [2.75, 3.05) is 13.1 Å². The largest absolute Gasteiger partial charge is 0.478 e. The number of amides is 1. The lowest BCUT2D eigenvalue weighted by atomic mass is 9.91. The molecule has 1 aromatic heterocycles. The predicted molar refractivity (Wildman–Crippen MR) is 105 cm³/mol. The number of nitrogens with zero attached hydrogens (tertiary/aromatic N) is 3. The minimum Gasteiger partial charge on any atom is -0.478 e. The van der Waals surface area contributed by atoms with Crippen LogP contribution in [0.5, 0.6) is 0 Å². The van der Waals surface area contributed by atoms with E-state index in [1.807, 2.05) is 52.0 Å². The minimum absolute atomic E-state index is 0.00722. The van der Waals surface area contributed by atoms with Crippen molar-refractivity contribution < 1.29 is 19.4 Å². The topological polar surface area (TPSA) is 84.7 Å². The zero-order chi connectivity index (χ0) is 20.5. The number of hydrogen-bond acceptors (Lipinski definition) is 4. The summed E-state index contributed by atoms with van der Waals surface area (Å²) in [5.74, 6) is -0.976. The maximum absolute atomic E-state index is 12.3. The molecular weight excluding hydrogens is 358 g/mol. The zero-order valence-corrected chi connectivity index (χ0v) is 16.8. The van der Waals surface area contributed by atoms with Crippen LogP contribution >= 0.6 is 0 Å². The third kappa shape index (κ3) is 4.35. The molecule has 1 aromatic carbocycles. The molecule has 0 aliphatic carbocycles. The van der Waals surface area contributed by atoms with Crippen LogP contribution in [0, 0.1) is 6.92 Å². The highest BCUT2D eigenvalue weighted by molar-refractivity contribution is 5.89. The first kappa shape index (κ1) is 19.9. The van der Waals surface area contributed by atoms with Gasteiger partial charge in [-0.2, -0.15) is 5.10 Å². The van der Waals surface area contributed by atoms with Gasteiger partial charge < -0.3 is 14.7 Å². The summed E-state index contributed by atoms with van der Waals surface area (Å²) in [5, 5.41) is 14.0. The molecule has 0 spiro atoms. The highest BCUT2D eigenvalue weighted by atomic mass is 16.6. The first-order valence-corrected chi connectivity index (χ1v) is 9.52. The summed E-state index contributed by atoms with van der Waals surface area (Å²) >= 11 is 0. The number of carboxylic acids is 1. The summed E-state index contributed by atoms with van der Waals surface area (Å²) in [5.41, 5.74) is 2.31. The molecule has 0 atom stereocenters. The molecule has 0 unspecified atom stereocenters. The van der Waals surface area contributed by atoms with E-state index in [1.54, 1.807) is 9.58 Å². The van der Waals surface area contributed by atoms with Gasteiger partial charge >= 0.3 is 12.1 Å². The van der Waals surface area contributed by atoms with Gasteiger partial charge in [-0.3, -0.25) is 0 Å². The molecule has 7 nitrogen and oxygen atoms in total. The Morgan fingerprint density at radius 2 is 1.89 bits per heavy atom. The molecule has 1 aliphatic rings. The summed E-state index contributed by atoms with van der Waals surface area (Å²) in [6.45, 7) is 8.57. The Morgan fingerprint density at radius 1 is 1.21 bits per heavy atom. The molecule has 2 heterocycles. The Kier molecular flexibility index (Phi) is 5.45. The third-order valence-electron chi connectivity index (χ3n) is 4.82. The molecule has 1 amide bonds. The fourth-order valence-electron chi connectivity index (χ4n) is 3.54. The fourth-order valence-corrected chi connectivity index (χ4v) is 3.54. The number of carbonyl (C=O) groups excluding carboxylic acids is 1. The van der Waals surface area contributed by atoms with Crippen LogP contribution in [0.4, 0.5) is 4.79 Å². The maximum Gasteiger partial charge on any atom is 0.410 e. The summed E-state index contributed by atoms with van der Waals surface area (Å²) in [6.07, 6.45) is 2.42. The van der Waals surface area contributed by atoms with Crippen molar-refractivity contribution in [2.24, 2.45) is 0 Å². The first-order chi connectivity index (χ1) is 13.2. The average molecular weight is 385 g/mol. The maximum atomic E-state index is 12.3. The van der Waals surface area contributed by atoms with Crippen LogP contribution in [-0.4, -0.2) is 50.5 Å². The van der Waals surface area contributed by atoms with Gasteiger partial charge in [-0.1, -0.05) is 12.1 Å². The second-order valence-corrected chi connectivity index (χ2v) is 8.24. The zero-order valence-electron chi connectivity index (χ0n) is 16.8. The van der Waals surface area contributed by atoms with Crippen molar-refractivity contribution in [3.05, 3.63) is 47.3 Å². The lowest BCUT2D eigenvalue weighted by molar-refractivity contribution is 0.0202. The lowest BCUT2D eigenvalue weighted by Crippen LogP contribution is -2.41. The van der Waals surface area contributed by atoms with E-state index in [0.717, 1.165) is 11.3 Å². The predicted octanol–water partition coefficient (Wildman–Crippen LogP) is 3.99. The Morgan fingerprint density at radius 3 is 2.46 bits per heavy atom. The molecule has 28 heavy (non-hydrogen) atoms. The molecule has 0 radical (unpaired) electrons. The monoisotopic (exact) mass is 385 g/mol. The molecule has 0 saturated carbocycles. The van der Waals surface area contributed by atoms with Crippen LogP contribution in [0.2, 0.25) is 0 Å². The van der Waals surface area contributed by atoms with E-state index in [4.69, 9.17) is 4.74 Å². The van der Waals surface area contributed by atoms with Crippen LogP contribution in [0.15, 0.2) is 30.5 Å². The number of benzene rings is 1. The molecule has 1 saturated heterocycles. The number of ether oxygens (including phenoxy) is 1. The highest BCUT2D eigenvalue weighted by Gasteiger charge is 2.32. The number of carboxylic acid groups (broad SMARTS) is 1. The quantitative estimate of drug-likeness (QED) is 0.863. The molecule has 7 heteroatoms. The Balaban J connectivity index is 1.83. The summed E-state index contributed by atoms with van der Waals surface area (Å²) in [6, 6.07) is 7.83. The standard InChI is InChI=1S/C21H27N3O4/c1-14-6-5-7-16(12-14)24-18(17(13-22-24)19(25)26)15-8-10-23(11-9-15)20(27)28-21(2,3)4/h5-7,12-13,15H,8-11H2,1-4H3,(H,25,26). The van der Waals surface area contributed by atoms with Crippen molar-refractivity contribution in [1.82, 2.24) is 14.7 Å². The van der Waals surface area contributed by atoms with Crippen molar-refractivity contribution in [2.45, 2.75) is 52.1 Å². The van der Waals surface area contributed by atoms with E-state index in [1.165, 1.54) is 6.20 Å². The Labute approximate surface area is 164 Å².